The number of guanidine groups is 1. The highest BCUT2D eigenvalue weighted by Gasteiger charge is 2.03. The Bertz CT molecular complexity index is 487. The van der Waals surface area contributed by atoms with Gasteiger partial charge in [0.15, 0.2) is 5.96 Å². The number of amides is 1. The number of rotatable bonds is 10. The molecule has 0 aliphatic rings. The molecule has 130 valence electrons. The van der Waals surface area contributed by atoms with Gasteiger partial charge in [-0.15, -0.1) is 11.3 Å². The molecule has 1 rings (SSSR count). The predicted octanol–water partition coefficient (Wildman–Crippen LogP) is 1.72. The summed E-state index contributed by atoms with van der Waals surface area (Å²) in [4.78, 5) is 21.8. The number of aromatic nitrogens is 1. The summed E-state index contributed by atoms with van der Waals surface area (Å²) in [5, 5.41) is 10.4. The van der Waals surface area contributed by atoms with Crippen molar-refractivity contribution in [2.24, 2.45) is 4.99 Å². The first-order valence-electron chi connectivity index (χ1n) is 8.42. The van der Waals surface area contributed by atoms with Crippen LogP contribution >= 0.6 is 11.3 Å². The fourth-order valence-corrected chi connectivity index (χ4v) is 2.73. The third-order valence-electron chi connectivity index (χ3n) is 3.11. The van der Waals surface area contributed by atoms with Crippen molar-refractivity contribution in [1.82, 2.24) is 20.9 Å². The van der Waals surface area contributed by atoms with E-state index in [0.29, 0.717) is 19.5 Å². The molecule has 0 saturated carbocycles. The van der Waals surface area contributed by atoms with Crippen LogP contribution in [-0.4, -0.2) is 43.0 Å². The van der Waals surface area contributed by atoms with Crippen molar-refractivity contribution in [1.29, 1.82) is 0 Å². The number of hydrogen-bond acceptors (Lipinski definition) is 4. The van der Waals surface area contributed by atoms with Gasteiger partial charge in [-0.1, -0.05) is 13.8 Å². The van der Waals surface area contributed by atoms with Crippen molar-refractivity contribution in [3.05, 3.63) is 16.1 Å². The molecule has 0 spiro atoms. The van der Waals surface area contributed by atoms with Crippen LogP contribution in [0.5, 0.6) is 0 Å². The molecule has 0 fully saturated rings. The van der Waals surface area contributed by atoms with E-state index in [1.54, 1.807) is 11.3 Å². The molecule has 7 heteroatoms. The summed E-state index contributed by atoms with van der Waals surface area (Å²) in [5.74, 6) is 0.827. The van der Waals surface area contributed by atoms with Crippen LogP contribution in [0.4, 0.5) is 0 Å². The second-order valence-electron chi connectivity index (χ2n) is 5.11. The minimum atomic E-state index is 0.0741. The molecular formula is C16H29N5OS. The number of aryl methyl sites for hydroxylation is 1. The zero-order chi connectivity index (χ0) is 16.9. The lowest BCUT2D eigenvalue weighted by Gasteiger charge is -2.11. The van der Waals surface area contributed by atoms with Crippen molar-refractivity contribution in [3.8, 4) is 0 Å². The van der Waals surface area contributed by atoms with Crippen LogP contribution in [0.25, 0.3) is 0 Å². The van der Waals surface area contributed by atoms with Gasteiger partial charge in [0.25, 0.3) is 0 Å². The first kappa shape index (κ1) is 19.4. The Hall–Kier alpha value is -1.63. The van der Waals surface area contributed by atoms with E-state index in [4.69, 9.17) is 0 Å². The lowest BCUT2D eigenvalue weighted by atomic mass is 10.4. The van der Waals surface area contributed by atoms with Crippen LogP contribution in [0.3, 0.4) is 0 Å². The first-order valence-corrected chi connectivity index (χ1v) is 9.23. The molecule has 3 N–H and O–H groups in total. The zero-order valence-corrected chi connectivity index (χ0v) is 15.3. The molecule has 1 aromatic heterocycles. The van der Waals surface area contributed by atoms with Gasteiger partial charge in [0.05, 0.1) is 5.01 Å². The zero-order valence-electron chi connectivity index (χ0n) is 14.4. The van der Waals surface area contributed by atoms with Gasteiger partial charge in [-0.25, -0.2) is 4.98 Å². The Labute approximate surface area is 143 Å². The molecule has 0 aliphatic carbocycles. The van der Waals surface area contributed by atoms with Gasteiger partial charge in [-0.2, -0.15) is 0 Å². The van der Waals surface area contributed by atoms with E-state index >= 15 is 0 Å². The molecule has 0 aromatic carbocycles. The van der Waals surface area contributed by atoms with E-state index in [9.17, 15) is 4.79 Å². The first-order chi connectivity index (χ1) is 11.2. The minimum absolute atomic E-state index is 0.0741. The van der Waals surface area contributed by atoms with E-state index in [1.165, 1.54) is 4.88 Å². The summed E-state index contributed by atoms with van der Waals surface area (Å²) < 4.78 is 0. The highest BCUT2D eigenvalue weighted by Crippen LogP contribution is 2.13. The molecule has 1 heterocycles. The number of nitrogens with one attached hydrogen (secondary N) is 3. The second-order valence-corrected chi connectivity index (χ2v) is 6.31. The Kier molecular flexibility index (Phi) is 10.0. The van der Waals surface area contributed by atoms with Crippen LogP contribution in [0.1, 0.15) is 43.5 Å². The number of hydrogen-bond donors (Lipinski definition) is 3. The molecule has 0 atom stereocenters. The molecular weight excluding hydrogens is 310 g/mol. The van der Waals surface area contributed by atoms with E-state index in [2.05, 4.69) is 32.9 Å². The number of carbonyl (C=O) groups excluding carboxylic acids is 1. The standard InChI is InChI=1S/C16H29N5OS/c1-4-9-18-14(22)7-10-19-16(17-6-3)20-11-8-15-21-12-13(5-2)23-15/h12H,4-11H2,1-3H3,(H,18,22)(H2,17,19,20). The smallest absolute Gasteiger partial charge is 0.221 e. The molecule has 1 amide bonds. The van der Waals surface area contributed by atoms with Gasteiger partial charge in [-0.05, 0) is 19.8 Å². The van der Waals surface area contributed by atoms with E-state index in [-0.39, 0.29) is 5.91 Å². The van der Waals surface area contributed by atoms with Gasteiger partial charge in [-0.3, -0.25) is 9.79 Å². The molecule has 1 aromatic rings. The second kappa shape index (κ2) is 11.9. The summed E-state index contributed by atoms with van der Waals surface area (Å²) in [6.07, 6.45) is 5.24. The number of carbonyl (C=O) groups is 1. The fraction of sp³-hybridized carbons (Fsp3) is 0.688. The van der Waals surface area contributed by atoms with Crippen molar-refractivity contribution >= 4 is 23.2 Å². The molecule has 0 radical (unpaired) electrons. The molecule has 0 bridgehead atoms. The summed E-state index contributed by atoms with van der Waals surface area (Å²) in [7, 11) is 0. The lowest BCUT2D eigenvalue weighted by Crippen LogP contribution is -2.39. The van der Waals surface area contributed by atoms with Crippen molar-refractivity contribution in [2.45, 2.75) is 46.5 Å². The summed E-state index contributed by atoms with van der Waals surface area (Å²) in [6, 6.07) is 0. The van der Waals surface area contributed by atoms with Crippen LogP contribution in [0.2, 0.25) is 0 Å². The van der Waals surface area contributed by atoms with E-state index in [0.717, 1.165) is 43.3 Å². The number of thiazole rings is 1. The van der Waals surface area contributed by atoms with Crippen molar-refractivity contribution in [3.63, 3.8) is 0 Å². The van der Waals surface area contributed by atoms with Gasteiger partial charge in [0.1, 0.15) is 0 Å². The minimum Gasteiger partial charge on any atom is -0.357 e. The topological polar surface area (TPSA) is 78.4 Å². The van der Waals surface area contributed by atoms with Crippen LogP contribution in [-0.2, 0) is 17.6 Å². The van der Waals surface area contributed by atoms with Gasteiger partial charge >= 0.3 is 0 Å². The third-order valence-corrected chi connectivity index (χ3v) is 4.31. The Morgan fingerprint density at radius 2 is 2.04 bits per heavy atom. The average Bonchev–Trinajstić information content (AvgIpc) is 3.01. The molecule has 23 heavy (non-hydrogen) atoms. The number of nitrogens with zero attached hydrogens (tertiary/aromatic N) is 2. The van der Waals surface area contributed by atoms with Crippen LogP contribution in [0.15, 0.2) is 11.2 Å². The molecule has 0 saturated heterocycles. The normalized spacial score (nSPS) is 11.3. The molecule has 0 unspecified atom stereocenters. The summed E-state index contributed by atoms with van der Waals surface area (Å²) in [6.45, 7) is 9.01. The number of aliphatic imine (C=N–C) groups is 1. The maximum Gasteiger partial charge on any atom is 0.221 e. The Balaban J connectivity index is 2.33. The SMILES string of the molecule is CCCNC(=O)CCNC(=NCCc1ncc(CC)s1)NCC. The van der Waals surface area contributed by atoms with E-state index in [1.807, 2.05) is 20.0 Å². The average molecular weight is 340 g/mol. The van der Waals surface area contributed by atoms with Gasteiger partial charge in [0.2, 0.25) is 5.91 Å². The highest BCUT2D eigenvalue weighted by molar-refractivity contribution is 7.11. The van der Waals surface area contributed by atoms with Crippen molar-refractivity contribution < 1.29 is 4.79 Å². The van der Waals surface area contributed by atoms with E-state index < -0.39 is 0 Å². The Morgan fingerprint density at radius 1 is 1.22 bits per heavy atom. The van der Waals surface area contributed by atoms with Crippen LogP contribution < -0.4 is 16.0 Å². The van der Waals surface area contributed by atoms with Crippen molar-refractivity contribution in [2.75, 3.05) is 26.2 Å². The molecule has 0 aliphatic heterocycles. The molecule has 6 nitrogen and oxygen atoms in total. The highest BCUT2D eigenvalue weighted by atomic mass is 32.1. The largest absolute Gasteiger partial charge is 0.357 e. The third kappa shape index (κ3) is 8.54. The van der Waals surface area contributed by atoms with Crippen LogP contribution in [0, 0.1) is 0 Å². The summed E-state index contributed by atoms with van der Waals surface area (Å²) >= 11 is 1.75. The Morgan fingerprint density at radius 3 is 2.70 bits per heavy atom. The van der Waals surface area contributed by atoms with Gasteiger partial charge in [0, 0.05) is 50.1 Å². The maximum absolute atomic E-state index is 11.6. The monoisotopic (exact) mass is 339 g/mol. The predicted molar refractivity (Wildman–Crippen MR) is 97.1 cm³/mol. The quantitative estimate of drug-likeness (QED) is 0.448. The lowest BCUT2D eigenvalue weighted by molar-refractivity contribution is -0.120. The van der Waals surface area contributed by atoms with Gasteiger partial charge < -0.3 is 16.0 Å². The summed E-state index contributed by atoms with van der Waals surface area (Å²) in [5.41, 5.74) is 0. The fourth-order valence-electron chi connectivity index (χ4n) is 1.88. The maximum atomic E-state index is 11.6.